The molecule has 0 bridgehead atoms. The minimum absolute atomic E-state index is 0.205. The topological polar surface area (TPSA) is 66.8 Å². The molecule has 1 aromatic rings. The van der Waals surface area contributed by atoms with Gasteiger partial charge in [-0.05, 0) is 6.42 Å². The van der Waals surface area contributed by atoms with Crippen LogP contribution in [-0.4, -0.2) is 22.8 Å². The number of ether oxygens (including phenoxy) is 1. The van der Waals surface area contributed by atoms with Gasteiger partial charge in [0.25, 0.3) is 0 Å². The first-order valence-electron chi connectivity index (χ1n) is 6.67. The third kappa shape index (κ3) is 4.56. The van der Waals surface area contributed by atoms with Crippen molar-refractivity contribution in [1.82, 2.24) is 0 Å². The zero-order chi connectivity index (χ0) is 16.0. The summed E-state index contributed by atoms with van der Waals surface area (Å²) >= 11 is 17.3. The third-order valence-electron chi connectivity index (χ3n) is 2.96. The Labute approximate surface area is 138 Å². The van der Waals surface area contributed by atoms with Gasteiger partial charge >= 0.3 is 5.97 Å². The van der Waals surface area contributed by atoms with Gasteiger partial charge in [0.2, 0.25) is 0 Å². The standard InChI is InChI=1S/C14H17Cl3O4/c1-2-3-4-5-6-7-21-14(20)8-9(15)10(16)11(17)13(19)12(8)18/h18-19H,2-7H2,1H3. The quantitative estimate of drug-likeness (QED) is 0.306. The van der Waals surface area contributed by atoms with E-state index in [4.69, 9.17) is 39.5 Å². The summed E-state index contributed by atoms with van der Waals surface area (Å²) < 4.78 is 5.02. The van der Waals surface area contributed by atoms with Crippen LogP contribution in [0.3, 0.4) is 0 Å². The lowest BCUT2D eigenvalue weighted by molar-refractivity contribution is 0.0494. The summed E-state index contributed by atoms with van der Waals surface area (Å²) in [5.74, 6) is -2.27. The van der Waals surface area contributed by atoms with E-state index in [2.05, 4.69) is 6.92 Å². The number of esters is 1. The van der Waals surface area contributed by atoms with Crippen molar-refractivity contribution in [2.75, 3.05) is 6.61 Å². The Bertz CT molecular complexity index is 488. The van der Waals surface area contributed by atoms with Gasteiger partial charge < -0.3 is 14.9 Å². The Balaban J connectivity index is 2.71. The molecule has 1 rings (SSSR count). The summed E-state index contributed by atoms with van der Waals surface area (Å²) in [6, 6.07) is 0. The molecule has 0 spiro atoms. The number of aromatic hydroxyl groups is 2. The number of unbranched alkanes of at least 4 members (excludes halogenated alkanes) is 4. The number of carbonyl (C=O) groups is 1. The van der Waals surface area contributed by atoms with Gasteiger partial charge in [0.05, 0.1) is 16.7 Å². The smallest absolute Gasteiger partial charge is 0.343 e. The Morgan fingerprint density at radius 2 is 1.57 bits per heavy atom. The summed E-state index contributed by atoms with van der Waals surface area (Å²) in [4.78, 5) is 11.9. The lowest BCUT2D eigenvalue weighted by Crippen LogP contribution is -2.08. The van der Waals surface area contributed by atoms with Crippen LogP contribution in [0.1, 0.15) is 49.4 Å². The van der Waals surface area contributed by atoms with Gasteiger partial charge in [-0.3, -0.25) is 0 Å². The van der Waals surface area contributed by atoms with Crippen molar-refractivity contribution < 1.29 is 19.7 Å². The number of phenolic OH excluding ortho intramolecular Hbond substituents is 2. The van der Waals surface area contributed by atoms with E-state index in [-0.39, 0.29) is 27.2 Å². The monoisotopic (exact) mass is 354 g/mol. The fourth-order valence-electron chi connectivity index (χ4n) is 1.77. The number of halogens is 3. The molecule has 0 amide bonds. The SMILES string of the molecule is CCCCCCCOC(=O)c1c(O)c(O)c(Cl)c(Cl)c1Cl. The highest BCUT2D eigenvalue weighted by Gasteiger charge is 2.26. The van der Waals surface area contributed by atoms with Crippen LogP contribution in [0.15, 0.2) is 0 Å². The first-order chi connectivity index (χ1) is 9.91. The molecule has 0 atom stereocenters. The van der Waals surface area contributed by atoms with Crippen molar-refractivity contribution in [2.45, 2.75) is 39.0 Å². The molecule has 4 nitrogen and oxygen atoms in total. The van der Waals surface area contributed by atoms with Crippen molar-refractivity contribution in [3.8, 4) is 11.5 Å². The molecule has 21 heavy (non-hydrogen) atoms. The zero-order valence-corrected chi connectivity index (χ0v) is 13.9. The maximum Gasteiger partial charge on any atom is 0.343 e. The fourth-order valence-corrected chi connectivity index (χ4v) is 2.44. The number of hydrogen-bond acceptors (Lipinski definition) is 4. The van der Waals surface area contributed by atoms with Crippen LogP contribution >= 0.6 is 34.8 Å². The molecule has 0 saturated heterocycles. The van der Waals surface area contributed by atoms with Crippen molar-refractivity contribution in [3.05, 3.63) is 20.6 Å². The van der Waals surface area contributed by atoms with Gasteiger partial charge in [0, 0.05) is 0 Å². The normalized spacial score (nSPS) is 10.7. The molecule has 0 aromatic heterocycles. The largest absolute Gasteiger partial charge is 0.504 e. The summed E-state index contributed by atoms with van der Waals surface area (Å²) in [6.07, 6.45) is 5.02. The molecule has 0 aliphatic carbocycles. The van der Waals surface area contributed by atoms with Crippen LogP contribution in [0.5, 0.6) is 11.5 Å². The second-order valence-corrected chi connectivity index (χ2v) is 5.70. The van der Waals surface area contributed by atoms with E-state index in [9.17, 15) is 15.0 Å². The molecule has 0 unspecified atom stereocenters. The number of phenols is 2. The second kappa shape index (κ2) is 8.57. The second-order valence-electron chi connectivity index (χ2n) is 4.56. The highest BCUT2D eigenvalue weighted by Crippen LogP contribution is 2.46. The molecular formula is C14H17Cl3O4. The average molecular weight is 356 g/mol. The number of rotatable bonds is 7. The van der Waals surface area contributed by atoms with Crippen LogP contribution in [0.2, 0.25) is 15.1 Å². The van der Waals surface area contributed by atoms with Gasteiger partial charge in [-0.15, -0.1) is 0 Å². The molecular weight excluding hydrogens is 339 g/mol. The van der Waals surface area contributed by atoms with E-state index < -0.39 is 17.5 Å². The van der Waals surface area contributed by atoms with E-state index in [0.29, 0.717) is 0 Å². The molecule has 1 aromatic carbocycles. The van der Waals surface area contributed by atoms with E-state index in [1.165, 1.54) is 0 Å². The van der Waals surface area contributed by atoms with Gasteiger partial charge in [-0.1, -0.05) is 67.4 Å². The van der Waals surface area contributed by atoms with Gasteiger partial charge in [-0.25, -0.2) is 4.79 Å². The van der Waals surface area contributed by atoms with Crippen molar-refractivity contribution >= 4 is 40.8 Å². The zero-order valence-electron chi connectivity index (χ0n) is 11.6. The molecule has 0 radical (unpaired) electrons. The molecule has 0 aliphatic heterocycles. The predicted molar refractivity (Wildman–Crippen MR) is 83.8 cm³/mol. The van der Waals surface area contributed by atoms with E-state index in [1.807, 2.05) is 0 Å². The van der Waals surface area contributed by atoms with Crippen molar-refractivity contribution in [2.24, 2.45) is 0 Å². The Hall–Kier alpha value is -0.840. The van der Waals surface area contributed by atoms with Crippen LogP contribution in [0, 0.1) is 0 Å². The Morgan fingerprint density at radius 3 is 2.19 bits per heavy atom. The summed E-state index contributed by atoms with van der Waals surface area (Å²) in [7, 11) is 0. The number of benzene rings is 1. The van der Waals surface area contributed by atoms with Crippen LogP contribution in [0.25, 0.3) is 0 Å². The molecule has 7 heteroatoms. The lowest BCUT2D eigenvalue weighted by atomic mass is 10.1. The van der Waals surface area contributed by atoms with E-state index >= 15 is 0 Å². The minimum Gasteiger partial charge on any atom is -0.504 e. The van der Waals surface area contributed by atoms with E-state index in [1.54, 1.807) is 0 Å². The predicted octanol–water partition coefficient (Wildman–Crippen LogP) is 5.19. The summed E-state index contributed by atoms with van der Waals surface area (Å²) in [5.41, 5.74) is -0.378. The van der Waals surface area contributed by atoms with Crippen LogP contribution in [0.4, 0.5) is 0 Å². The maximum absolute atomic E-state index is 11.9. The van der Waals surface area contributed by atoms with Crippen molar-refractivity contribution in [3.63, 3.8) is 0 Å². The maximum atomic E-state index is 11.9. The molecule has 0 aliphatic rings. The first-order valence-corrected chi connectivity index (χ1v) is 7.80. The van der Waals surface area contributed by atoms with Crippen molar-refractivity contribution in [1.29, 1.82) is 0 Å². The molecule has 0 fully saturated rings. The van der Waals surface area contributed by atoms with Gasteiger partial charge in [-0.2, -0.15) is 0 Å². The highest BCUT2D eigenvalue weighted by molar-refractivity contribution is 6.50. The summed E-state index contributed by atoms with van der Waals surface area (Å²) in [6.45, 7) is 2.32. The Kier molecular flexibility index (Phi) is 7.43. The number of carbonyl (C=O) groups excluding carboxylic acids is 1. The summed E-state index contributed by atoms with van der Waals surface area (Å²) in [5, 5.41) is 18.6. The Morgan fingerprint density at radius 1 is 0.952 bits per heavy atom. The first kappa shape index (κ1) is 18.2. The van der Waals surface area contributed by atoms with E-state index in [0.717, 1.165) is 32.1 Å². The van der Waals surface area contributed by atoms with Crippen LogP contribution in [-0.2, 0) is 4.74 Å². The van der Waals surface area contributed by atoms with Crippen LogP contribution < -0.4 is 0 Å². The molecule has 0 heterocycles. The lowest BCUT2D eigenvalue weighted by Gasteiger charge is -2.12. The van der Waals surface area contributed by atoms with Gasteiger partial charge in [0.15, 0.2) is 11.5 Å². The van der Waals surface area contributed by atoms with Gasteiger partial charge in [0.1, 0.15) is 10.6 Å². The fraction of sp³-hybridized carbons (Fsp3) is 0.500. The molecule has 0 saturated carbocycles. The average Bonchev–Trinajstić information content (AvgIpc) is 2.47. The molecule has 2 N–H and O–H groups in total. The highest BCUT2D eigenvalue weighted by atomic mass is 35.5. The third-order valence-corrected chi connectivity index (χ3v) is 4.28. The molecule has 118 valence electrons. The minimum atomic E-state index is -0.846. The number of hydrogen-bond donors (Lipinski definition) is 2.